The second kappa shape index (κ2) is 3.84. The lowest BCUT2D eigenvalue weighted by Gasteiger charge is -2.32. The van der Waals surface area contributed by atoms with Gasteiger partial charge in [0, 0.05) is 0 Å². The highest BCUT2D eigenvalue weighted by molar-refractivity contribution is 6.54. The third-order valence-corrected chi connectivity index (χ3v) is 4.01. The molecule has 2 aliphatic heterocycles. The topological polar surface area (TPSA) is 27.7 Å². The van der Waals surface area contributed by atoms with Gasteiger partial charge in [-0.3, -0.25) is 0 Å². The first-order chi connectivity index (χ1) is 7.63. The summed E-state index contributed by atoms with van der Waals surface area (Å²) in [5.74, 6) is 0. The van der Waals surface area contributed by atoms with Crippen LogP contribution in [0.4, 0.5) is 0 Å². The van der Waals surface area contributed by atoms with Crippen LogP contribution in [0.15, 0.2) is 11.5 Å². The van der Waals surface area contributed by atoms with Crippen molar-refractivity contribution in [1.29, 1.82) is 0 Å². The molecule has 4 heteroatoms. The Bertz CT molecular complexity index is 329. The first-order valence-corrected chi connectivity index (χ1v) is 6.32. The zero-order valence-electron chi connectivity index (χ0n) is 11.8. The maximum atomic E-state index is 6.05. The predicted molar refractivity (Wildman–Crippen MR) is 68.8 cm³/mol. The van der Waals surface area contributed by atoms with Crippen molar-refractivity contribution in [2.75, 3.05) is 6.61 Å². The Kier molecular flexibility index (Phi) is 2.96. The highest BCUT2D eigenvalue weighted by atomic mass is 16.7. The summed E-state index contributed by atoms with van der Waals surface area (Å²) in [4.78, 5) is 0. The maximum Gasteiger partial charge on any atom is 0.490 e. The molecule has 0 saturated carbocycles. The van der Waals surface area contributed by atoms with E-state index in [1.54, 1.807) is 0 Å². The quantitative estimate of drug-likeness (QED) is 0.657. The third-order valence-electron chi connectivity index (χ3n) is 4.01. The van der Waals surface area contributed by atoms with Gasteiger partial charge >= 0.3 is 7.12 Å². The van der Waals surface area contributed by atoms with E-state index in [2.05, 4.69) is 47.6 Å². The summed E-state index contributed by atoms with van der Waals surface area (Å²) in [6, 6.07) is 0. The Morgan fingerprint density at radius 2 is 1.53 bits per heavy atom. The molecule has 2 rings (SSSR count). The smallest absolute Gasteiger partial charge is 0.400 e. The van der Waals surface area contributed by atoms with Crippen LogP contribution in [0.1, 0.15) is 48.0 Å². The molecule has 1 fully saturated rings. The van der Waals surface area contributed by atoms with Gasteiger partial charge in [0.2, 0.25) is 0 Å². The minimum absolute atomic E-state index is 0.117. The summed E-state index contributed by atoms with van der Waals surface area (Å²) < 4.78 is 17.8. The van der Waals surface area contributed by atoms with Crippen LogP contribution in [-0.4, -0.2) is 30.5 Å². The van der Waals surface area contributed by atoms with Gasteiger partial charge in [-0.1, -0.05) is 6.08 Å². The summed E-state index contributed by atoms with van der Waals surface area (Å²) in [7, 11) is -0.219. The highest BCUT2D eigenvalue weighted by Crippen LogP contribution is 2.40. The van der Waals surface area contributed by atoms with E-state index in [9.17, 15) is 0 Å². The van der Waals surface area contributed by atoms with Crippen molar-refractivity contribution in [3.05, 3.63) is 11.5 Å². The largest absolute Gasteiger partial charge is 0.490 e. The molecule has 0 aromatic rings. The number of ether oxygens (including phenoxy) is 1. The van der Waals surface area contributed by atoms with Gasteiger partial charge in [0.1, 0.15) is 0 Å². The molecule has 96 valence electrons. The lowest BCUT2D eigenvalue weighted by atomic mass is 9.72. The van der Waals surface area contributed by atoms with E-state index in [0.717, 1.165) is 6.42 Å². The molecule has 0 amide bonds. The van der Waals surface area contributed by atoms with Gasteiger partial charge in [-0.2, -0.15) is 0 Å². The van der Waals surface area contributed by atoms with Crippen molar-refractivity contribution in [1.82, 2.24) is 0 Å². The second-order valence-electron chi connectivity index (χ2n) is 6.61. The van der Waals surface area contributed by atoms with Crippen molar-refractivity contribution in [2.24, 2.45) is 0 Å². The summed E-state index contributed by atoms with van der Waals surface area (Å²) in [5.41, 5.74) is 0.565. The summed E-state index contributed by atoms with van der Waals surface area (Å²) in [5, 5.41) is 0. The van der Waals surface area contributed by atoms with Gasteiger partial charge in [-0.15, -0.1) is 0 Å². The van der Waals surface area contributed by atoms with Crippen LogP contribution in [0.25, 0.3) is 0 Å². The molecular weight excluding hydrogens is 215 g/mol. The second-order valence-corrected chi connectivity index (χ2v) is 6.61. The Morgan fingerprint density at radius 3 is 2.00 bits per heavy atom. The number of hydrogen-bond donors (Lipinski definition) is 0. The monoisotopic (exact) mass is 238 g/mol. The van der Waals surface area contributed by atoms with E-state index in [4.69, 9.17) is 14.0 Å². The maximum absolute atomic E-state index is 6.05. The molecule has 2 aliphatic rings. The zero-order valence-corrected chi connectivity index (χ0v) is 11.8. The predicted octanol–water partition coefficient (Wildman–Crippen LogP) is 2.74. The molecule has 0 N–H and O–H groups in total. The fraction of sp³-hybridized carbons (Fsp3) is 0.846. The minimum Gasteiger partial charge on any atom is -0.400 e. The van der Waals surface area contributed by atoms with E-state index in [1.165, 1.54) is 5.47 Å². The average molecular weight is 238 g/mol. The van der Waals surface area contributed by atoms with Crippen LogP contribution in [0.5, 0.6) is 0 Å². The lowest BCUT2D eigenvalue weighted by Crippen LogP contribution is -2.41. The van der Waals surface area contributed by atoms with Crippen molar-refractivity contribution < 1.29 is 14.0 Å². The number of rotatable bonds is 1. The van der Waals surface area contributed by atoms with E-state index in [1.807, 2.05) is 0 Å². The average Bonchev–Trinajstić information content (AvgIpc) is 2.34. The normalized spacial score (nSPS) is 30.2. The van der Waals surface area contributed by atoms with Crippen molar-refractivity contribution in [3.63, 3.8) is 0 Å². The van der Waals surface area contributed by atoms with Crippen LogP contribution in [0, 0.1) is 0 Å². The van der Waals surface area contributed by atoms with Gasteiger partial charge in [0.05, 0.1) is 23.4 Å². The third kappa shape index (κ3) is 2.44. The van der Waals surface area contributed by atoms with Crippen LogP contribution < -0.4 is 0 Å². The molecule has 0 unspecified atom stereocenters. The van der Waals surface area contributed by atoms with E-state index in [-0.39, 0.29) is 23.9 Å². The van der Waals surface area contributed by atoms with Gasteiger partial charge in [0.15, 0.2) is 0 Å². The molecule has 0 radical (unpaired) electrons. The molecule has 1 saturated heterocycles. The summed E-state index contributed by atoms with van der Waals surface area (Å²) in [6.07, 6.45) is 2.96. The molecule has 17 heavy (non-hydrogen) atoms. The van der Waals surface area contributed by atoms with E-state index < -0.39 is 0 Å². The first kappa shape index (κ1) is 13.1. The molecular formula is C13H23BO3. The van der Waals surface area contributed by atoms with Crippen molar-refractivity contribution in [2.45, 2.75) is 64.8 Å². The van der Waals surface area contributed by atoms with Crippen molar-refractivity contribution >= 4 is 7.12 Å². The molecule has 0 atom stereocenters. The molecule has 0 aromatic heterocycles. The van der Waals surface area contributed by atoms with E-state index in [0.29, 0.717) is 6.61 Å². The van der Waals surface area contributed by atoms with Crippen molar-refractivity contribution in [3.8, 4) is 0 Å². The summed E-state index contributed by atoms with van der Waals surface area (Å²) >= 11 is 0. The fourth-order valence-electron chi connectivity index (χ4n) is 2.16. The van der Waals surface area contributed by atoms with Gasteiger partial charge < -0.3 is 14.0 Å². The molecule has 0 aromatic carbocycles. The van der Waals surface area contributed by atoms with Gasteiger partial charge in [-0.25, -0.2) is 0 Å². The SMILES string of the molecule is CC1(C)CC(B2OC(C)(C)C(C)(C)O2)=CCO1. The lowest BCUT2D eigenvalue weighted by molar-refractivity contribution is -0.00867. The zero-order chi connectivity index (χ0) is 12.9. The van der Waals surface area contributed by atoms with Gasteiger partial charge in [0.25, 0.3) is 0 Å². The highest BCUT2D eigenvalue weighted by Gasteiger charge is 2.53. The van der Waals surface area contributed by atoms with Crippen LogP contribution >= 0.6 is 0 Å². The van der Waals surface area contributed by atoms with Gasteiger partial charge in [-0.05, 0) is 53.4 Å². The minimum atomic E-state index is -0.263. The molecule has 0 bridgehead atoms. The standard InChI is InChI=1S/C13H23BO3/c1-11(2)9-10(7-8-15-11)14-16-12(3,4)13(5,6)17-14/h7H,8-9H2,1-6H3. The van der Waals surface area contributed by atoms with Crippen LogP contribution in [-0.2, 0) is 14.0 Å². The Balaban J connectivity index is 2.14. The Morgan fingerprint density at radius 1 is 1.00 bits per heavy atom. The first-order valence-electron chi connectivity index (χ1n) is 6.32. The summed E-state index contributed by atoms with van der Waals surface area (Å²) in [6.45, 7) is 13.2. The fourth-order valence-corrected chi connectivity index (χ4v) is 2.16. The molecule has 0 spiro atoms. The van der Waals surface area contributed by atoms with Crippen LogP contribution in [0.2, 0.25) is 0 Å². The van der Waals surface area contributed by atoms with E-state index >= 15 is 0 Å². The Labute approximate surface area is 105 Å². The Hall–Kier alpha value is -0.315. The molecule has 2 heterocycles. The van der Waals surface area contributed by atoms with Crippen LogP contribution in [0.3, 0.4) is 0 Å². The number of hydrogen-bond acceptors (Lipinski definition) is 3. The molecule has 3 nitrogen and oxygen atoms in total. The molecule has 0 aliphatic carbocycles.